The summed E-state index contributed by atoms with van der Waals surface area (Å²) in [6.45, 7) is 0.879. The minimum Gasteiger partial charge on any atom is -0.480 e. The van der Waals surface area contributed by atoms with Gasteiger partial charge in [-0.05, 0) is 11.6 Å². The van der Waals surface area contributed by atoms with Gasteiger partial charge in [-0.3, -0.25) is 9.78 Å². The lowest BCUT2D eigenvalue weighted by Crippen LogP contribution is -2.32. The van der Waals surface area contributed by atoms with Crippen LogP contribution >= 0.6 is 0 Å². The Bertz CT molecular complexity index is 773. The third kappa shape index (κ3) is 4.20. The molecule has 0 spiro atoms. The summed E-state index contributed by atoms with van der Waals surface area (Å²) < 4.78 is 37.3. The summed E-state index contributed by atoms with van der Waals surface area (Å²) in [5, 5.41) is 0. The minimum absolute atomic E-state index is 0.113. The lowest BCUT2D eigenvalue weighted by atomic mass is 10.1. The number of aromatic nitrogens is 2. The van der Waals surface area contributed by atoms with Crippen LogP contribution in [0.25, 0.3) is 0 Å². The van der Waals surface area contributed by atoms with E-state index in [1.54, 1.807) is 4.90 Å². The van der Waals surface area contributed by atoms with Crippen molar-refractivity contribution in [3.63, 3.8) is 0 Å². The molecule has 0 saturated carbocycles. The minimum atomic E-state index is -0.716. The van der Waals surface area contributed by atoms with E-state index in [1.165, 1.54) is 25.6 Å². The smallest absolute Gasteiger partial charge is 0.235 e. The summed E-state index contributed by atoms with van der Waals surface area (Å²) in [7, 11) is 1.48. The zero-order valence-corrected chi connectivity index (χ0v) is 13.6. The van der Waals surface area contributed by atoms with Crippen LogP contribution in [0, 0.1) is 11.6 Å². The van der Waals surface area contributed by atoms with Gasteiger partial charge in [-0.1, -0.05) is 6.07 Å². The number of halogens is 2. The predicted molar refractivity (Wildman–Crippen MR) is 84.3 cm³/mol. The number of amides is 1. The van der Waals surface area contributed by atoms with Crippen LogP contribution in [0.1, 0.15) is 12.0 Å². The highest BCUT2D eigenvalue weighted by Gasteiger charge is 2.28. The van der Waals surface area contributed by atoms with E-state index >= 15 is 0 Å². The number of methoxy groups -OCH3 is 1. The standard InChI is InChI=1S/C17H17F2N3O3/c1-24-15-8-20-9-16(21-15)25-13-4-5-22(10-13)17(23)6-11-2-3-12(18)7-14(11)19/h2-3,7-9,13H,4-6,10H2,1H3. The van der Waals surface area contributed by atoms with E-state index in [9.17, 15) is 13.6 Å². The van der Waals surface area contributed by atoms with E-state index < -0.39 is 11.6 Å². The second-order valence-electron chi connectivity index (χ2n) is 5.68. The van der Waals surface area contributed by atoms with Gasteiger partial charge < -0.3 is 14.4 Å². The summed E-state index contributed by atoms with van der Waals surface area (Å²) >= 11 is 0. The summed E-state index contributed by atoms with van der Waals surface area (Å²) in [5.74, 6) is -0.943. The van der Waals surface area contributed by atoms with E-state index in [-0.39, 0.29) is 24.0 Å². The van der Waals surface area contributed by atoms with Crippen LogP contribution < -0.4 is 9.47 Å². The van der Waals surface area contributed by atoms with Gasteiger partial charge in [0.25, 0.3) is 0 Å². The molecular weight excluding hydrogens is 332 g/mol. The monoisotopic (exact) mass is 349 g/mol. The van der Waals surface area contributed by atoms with Crippen LogP contribution in [0.3, 0.4) is 0 Å². The van der Waals surface area contributed by atoms with Crippen molar-refractivity contribution in [1.82, 2.24) is 14.9 Å². The number of carbonyl (C=O) groups is 1. The Labute approximate surface area is 143 Å². The normalized spacial score (nSPS) is 16.8. The van der Waals surface area contributed by atoms with Crippen LogP contribution in [0.15, 0.2) is 30.6 Å². The Hall–Kier alpha value is -2.77. The van der Waals surface area contributed by atoms with Gasteiger partial charge in [0.1, 0.15) is 17.7 Å². The van der Waals surface area contributed by atoms with Crippen molar-refractivity contribution < 1.29 is 23.0 Å². The van der Waals surface area contributed by atoms with Crippen LogP contribution in [-0.2, 0) is 11.2 Å². The van der Waals surface area contributed by atoms with Crippen molar-refractivity contribution in [3.05, 3.63) is 47.8 Å². The van der Waals surface area contributed by atoms with E-state index in [4.69, 9.17) is 9.47 Å². The van der Waals surface area contributed by atoms with Gasteiger partial charge in [-0.15, -0.1) is 0 Å². The second kappa shape index (κ2) is 7.42. The molecule has 1 saturated heterocycles. The number of likely N-dealkylation sites (tertiary alicyclic amines) is 1. The van der Waals surface area contributed by atoms with Gasteiger partial charge in [0.15, 0.2) is 0 Å². The lowest BCUT2D eigenvalue weighted by molar-refractivity contribution is -0.129. The third-order valence-corrected chi connectivity index (χ3v) is 3.94. The highest BCUT2D eigenvalue weighted by atomic mass is 19.1. The maximum Gasteiger partial charge on any atom is 0.235 e. The molecule has 1 aliphatic rings. The maximum absolute atomic E-state index is 13.7. The van der Waals surface area contributed by atoms with Gasteiger partial charge in [-0.2, -0.15) is 4.98 Å². The third-order valence-electron chi connectivity index (χ3n) is 3.94. The fourth-order valence-electron chi connectivity index (χ4n) is 2.65. The van der Waals surface area contributed by atoms with E-state index in [0.29, 0.717) is 31.3 Å². The fourth-order valence-corrected chi connectivity index (χ4v) is 2.65. The molecule has 1 unspecified atom stereocenters. The Balaban J connectivity index is 1.57. The molecule has 0 N–H and O–H groups in total. The number of benzene rings is 1. The first-order valence-electron chi connectivity index (χ1n) is 7.79. The molecule has 1 amide bonds. The zero-order chi connectivity index (χ0) is 17.8. The van der Waals surface area contributed by atoms with E-state index in [0.717, 1.165) is 12.1 Å². The summed E-state index contributed by atoms with van der Waals surface area (Å²) in [5.41, 5.74) is 0.175. The van der Waals surface area contributed by atoms with Gasteiger partial charge >= 0.3 is 0 Å². The van der Waals surface area contributed by atoms with Crippen LogP contribution in [0.5, 0.6) is 11.8 Å². The topological polar surface area (TPSA) is 64.6 Å². The molecule has 2 aromatic rings. The van der Waals surface area contributed by atoms with Crippen molar-refractivity contribution >= 4 is 5.91 Å². The Morgan fingerprint density at radius 3 is 2.88 bits per heavy atom. The molecule has 6 nitrogen and oxygen atoms in total. The number of hydrogen-bond acceptors (Lipinski definition) is 5. The molecule has 25 heavy (non-hydrogen) atoms. The largest absolute Gasteiger partial charge is 0.480 e. The van der Waals surface area contributed by atoms with Crippen molar-refractivity contribution in [2.45, 2.75) is 18.9 Å². The average Bonchev–Trinajstić information content (AvgIpc) is 3.06. The molecule has 0 radical (unpaired) electrons. The number of carbonyl (C=O) groups excluding carboxylic acids is 1. The lowest BCUT2D eigenvalue weighted by Gasteiger charge is -2.17. The van der Waals surface area contributed by atoms with Gasteiger partial charge in [0, 0.05) is 19.0 Å². The summed E-state index contributed by atoms with van der Waals surface area (Å²) in [6, 6.07) is 3.21. The van der Waals surface area contributed by atoms with Crippen molar-refractivity contribution in [1.29, 1.82) is 0 Å². The van der Waals surface area contributed by atoms with Crippen molar-refractivity contribution in [2.75, 3.05) is 20.2 Å². The molecule has 0 bridgehead atoms. The molecule has 3 rings (SSSR count). The van der Waals surface area contributed by atoms with Crippen LogP contribution in [-0.4, -0.2) is 47.1 Å². The molecule has 1 aliphatic heterocycles. The second-order valence-corrected chi connectivity index (χ2v) is 5.68. The molecule has 1 aromatic carbocycles. The van der Waals surface area contributed by atoms with Crippen LogP contribution in [0.4, 0.5) is 8.78 Å². The highest BCUT2D eigenvalue weighted by molar-refractivity contribution is 5.79. The number of nitrogens with zero attached hydrogens (tertiary/aromatic N) is 3. The van der Waals surface area contributed by atoms with Crippen molar-refractivity contribution in [2.24, 2.45) is 0 Å². The molecule has 0 aliphatic carbocycles. The first-order chi connectivity index (χ1) is 12.0. The van der Waals surface area contributed by atoms with Gasteiger partial charge in [0.2, 0.25) is 17.7 Å². The molecule has 2 heterocycles. The van der Waals surface area contributed by atoms with Crippen molar-refractivity contribution in [3.8, 4) is 11.8 Å². The number of hydrogen-bond donors (Lipinski definition) is 0. The molecule has 1 aromatic heterocycles. The molecule has 1 fully saturated rings. The first-order valence-corrected chi connectivity index (χ1v) is 7.79. The quantitative estimate of drug-likeness (QED) is 0.826. The molecule has 1 atom stereocenters. The van der Waals surface area contributed by atoms with Crippen LogP contribution in [0.2, 0.25) is 0 Å². The average molecular weight is 349 g/mol. The zero-order valence-electron chi connectivity index (χ0n) is 13.6. The number of ether oxygens (including phenoxy) is 2. The van der Waals surface area contributed by atoms with Gasteiger partial charge in [-0.25, -0.2) is 8.78 Å². The Kier molecular flexibility index (Phi) is 5.06. The highest BCUT2D eigenvalue weighted by Crippen LogP contribution is 2.19. The SMILES string of the molecule is COc1cncc(OC2CCN(C(=O)Cc3ccc(F)cc3F)C2)n1. The molecule has 132 valence electrons. The van der Waals surface area contributed by atoms with E-state index in [1.807, 2.05) is 0 Å². The Morgan fingerprint density at radius 1 is 1.32 bits per heavy atom. The molecular formula is C17H17F2N3O3. The van der Waals surface area contributed by atoms with E-state index in [2.05, 4.69) is 9.97 Å². The maximum atomic E-state index is 13.7. The fraction of sp³-hybridized carbons (Fsp3) is 0.353. The predicted octanol–water partition coefficient (Wildman–Crippen LogP) is 1.99. The Morgan fingerprint density at radius 2 is 2.12 bits per heavy atom. The summed E-state index contributed by atoms with van der Waals surface area (Å²) in [4.78, 5) is 22.0. The summed E-state index contributed by atoms with van der Waals surface area (Å²) in [6.07, 6.45) is 3.24. The number of rotatable bonds is 5. The van der Waals surface area contributed by atoms with Gasteiger partial charge in [0.05, 0.1) is 32.5 Å². The molecule has 8 heteroatoms. The first kappa shape index (κ1) is 17.1.